The molecule has 2 aromatic carbocycles. The number of halogens is 4. The van der Waals surface area contributed by atoms with E-state index in [0.29, 0.717) is 6.07 Å². The normalized spacial score (nSPS) is 12.8. The molecule has 0 saturated heterocycles. The number of alkyl halides is 2. The molecule has 1 atom stereocenters. The first-order valence-corrected chi connectivity index (χ1v) is 10.2. The number of hydrogen-bond acceptors (Lipinski definition) is 4. The highest BCUT2D eigenvalue weighted by atomic mass is 19.3. The summed E-state index contributed by atoms with van der Waals surface area (Å²) in [7, 11) is 0. The molecule has 0 radical (unpaired) electrons. The summed E-state index contributed by atoms with van der Waals surface area (Å²) in [5.74, 6) is -1.97. The maximum Gasteiger partial charge on any atom is 0.408 e. The van der Waals surface area contributed by atoms with Crippen LogP contribution in [0.25, 0.3) is 16.6 Å². The van der Waals surface area contributed by atoms with Crippen molar-refractivity contribution in [2.45, 2.75) is 52.2 Å². The number of aromatic nitrogens is 2. The molecule has 3 rings (SSSR count). The Balaban J connectivity index is 2.28. The fourth-order valence-electron chi connectivity index (χ4n) is 3.34. The quantitative estimate of drug-likeness (QED) is 0.500. The van der Waals surface area contributed by atoms with E-state index in [1.54, 1.807) is 27.7 Å². The fourth-order valence-corrected chi connectivity index (χ4v) is 3.34. The molecule has 6 nitrogen and oxygen atoms in total. The monoisotopic (exact) mass is 465 g/mol. The van der Waals surface area contributed by atoms with E-state index in [1.165, 1.54) is 12.1 Å². The molecular formula is C23H23F4N3O3. The lowest BCUT2D eigenvalue weighted by atomic mass is 10.1. The predicted octanol–water partition coefficient (Wildman–Crippen LogP) is 5.58. The maximum absolute atomic E-state index is 14.5. The Labute approximate surface area is 187 Å². The zero-order valence-corrected chi connectivity index (χ0v) is 18.5. The van der Waals surface area contributed by atoms with Crippen LogP contribution in [0.2, 0.25) is 0 Å². The van der Waals surface area contributed by atoms with Gasteiger partial charge in [0.05, 0.1) is 17.2 Å². The van der Waals surface area contributed by atoms with Crippen LogP contribution in [0.3, 0.4) is 0 Å². The van der Waals surface area contributed by atoms with Gasteiger partial charge in [0, 0.05) is 5.56 Å². The SMILES string of the molecule is CCC(NC(=O)OC(C)(C)C)c1nc2cccc(F)c2c(=O)n1-c1cc(F)cc(C(F)F)c1. The van der Waals surface area contributed by atoms with Crippen LogP contribution in [0, 0.1) is 11.6 Å². The molecule has 1 amide bonds. The number of ether oxygens (including phenoxy) is 1. The van der Waals surface area contributed by atoms with E-state index in [4.69, 9.17) is 4.74 Å². The smallest absolute Gasteiger partial charge is 0.408 e. The van der Waals surface area contributed by atoms with Gasteiger partial charge in [-0.15, -0.1) is 0 Å². The summed E-state index contributed by atoms with van der Waals surface area (Å²) < 4.78 is 61.4. The van der Waals surface area contributed by atoms with E-state index in [0.717, 1.165) is 22.8 Å². The molecule has 0 fully saturated rings. The van der Waals surface area contributed by atoms with Gasteiger partial charge in [-0.1, -0.05) is 13.0 Å². The molecule has 176 valence electrons. The lowest BCUT2D eigenvalue weighted by Crippen LogP contribution is -2.38. The van der Waals surface area contributed by atoms with Crippen molar-refractivity contribution in [3.63, 3.8) is 0 Å². The van der Waals surface area contributed by atoms with Crippen LogP contribution in [0.15, 0.2) is 41.2 Å². The molecule has 0 bridgehead atoms. The van der Waals surface area contributed by atoms with E-state index in [-0.39, 0.29) is 23.4 Å². The average molecular weight is 465 g/mol. The van der Waals surface area contributed by atoms with Gasteiger partial charge in [0.25, 0.3) is 12.0 Å². The zero-order valence-electron chi connectivity index (χ0n) is 18.5. The van der Waals surface area contributed by atoms with Crippen molar-refractivity contribution in [3.8, 4) is 5.69 Å². The molecule has 3 aromatic rings. The van der Waals surface area contributed by atoms with E-state index in [1.807, 2.05) is 0 Å². The lowest BCUT2D eigenvalue weighted by molar-refractivity contribution is 0.0499. The number of carbonyl (C=O) groups is 1. The van der Waals surface area contributed by atoms with Gasteiger partial charge in [0.1, 0.15) is 28.4 Å². The second kappa shape index (κ2) is 9.21. The molecule has 10 heteroatoms. The molecule has 0 spiro atoms. The number of nitrogens with one attached hydrogen (secondary N) is 1. The number of rotatable bonds is 5. The molecular weight excluding hydrogens is 442 g/mol. The van der Waals surface area contributed by atoms with Gasteiger partial charge in [-0.2, -0.15) is 0 Å². The van der Waals surface area contributed by atoms with Crippen molar-refractivity contribution < 1.29 is 27.1 Å². The minimum Gasteiger partial charge on any atom is -0.444 e. The molecule has 0 aliphatic rings. The van der Waals surface area contributed by atoms with Gasteiger partial charge >= 0.3 is 6.09 Å². The van der Waals surface area contributed by atoms with Crippen molar-refractivity contribution >= 4 is 17.0 Å². The Morgan fingerprint density at radius 2 is 1.88 bits per heavy atom. The Morgan fingerprint density at radius 1 is 1.18 bits per heavy atom. The van der Waals surface area contributed by atoms with E-state index < -0.39 is 52.3 Å². The van der Waals surface area contributed by atoms with E-state index in [9.17, 15) is 27.2 Å². The number of carbonyl (C=O) groups excluding carboxylic acids is 1. The average Bonchev–Trinajstić information content (AvgIpc) is 2.69. The zero-order chi connectivity index (χ0) is 24.5. The second-order valence-corrected chi connectivity index (χ2v) is 8.40. The summed E-state index contributed by atoms with van der Waals surface area (Å²) in [6, 6.07) is 5.32. The number of fused-ring (bicyclic) bond motifs is 1. The number of hydrogen-bond donors (Lipinski definition) is 1. The summed E-state index contributed by atoms with van der Waals surface area (Å²) in [5, 5.41) is 2.20. The van der Waals surface area contributed by atoms with Gasteiger partial charge < -0.3 is 10.1 Å². The van der Waals surface area contributed by atoms with Gasteiger partial charge in [-0.25, -0.2) is 27.3 Å². The second-order valence-electron chi connectivity index (χ2n) is 8.40. The molecule has 0 aliphatic heterocycles. The summed E-state index contributed by atoms with van der Waals surface area (Å²) in [6.45, 7) is 6.68. The predicted molar refractivity (Wildman–Crippen MR) is 115 cm³/mol. The number of nitrogens with zero attached hydrogens (tertiary/aromatic N) is 2. The van der Waals surface area contributed by atoms with Crippen molar-refractivity contribution in [1.29, 1.82) is 0 Å². The molecule has 33 heavy (non-hydrogen) atoms. The van der Waals surface area contributed by atoms with Gasteiger partial charge in [0.15, 0.2) is 0 Å². The topological polar surface area (TPSA) is 73.2 Å². The molecule has 1 heterocycles. The first-order valence-electron chi connectivity index (χ1n) is 10.2. The minimum atomic E-state index is -3.01. The van der Waals surface area contributed by atoms with Crippen LogP contribution < -0.4 is 10.9 Å². The van der Waals surface area contributed by atoms with E-state index >= 15 is 0 Å². The van der Waals surface area contributed by atoms with Crippen LogP contribution in [0.4, 0.5) is 22.4 Å². The number of alkyl carbamates (subject to hydrolysis) is 1. The third kappa shape index (κ3) is 5.32. The van der Waals surface area contributed by atoms with Crippen molar-refractivity contribution in [2.75, 3.05) is 0 Å². The first-order chi connectivity index (χ1) is 15.4. The van der Waals surface area contributed by atoms with E-state index in [2.05, 4.69) is 10.3 Å². The Morgan fingerprint density at radius 3 is 2.48 bits per heavy atom. The number of amides is 1. The van der Waals surface area contributed by atoms with Crippen LogP contribution in [0.5, 0.6) is 0 Å². The third-order valence-electron chi connectivity index (χ3n) is 4.70. The van der Waals surface area contributed by atoms with Crippen LogP contribution >= 0.6 is 0 Å². The highest BCUT2D eigenvalue weighted by Gasteiger charge is 2.26. The Kier molecular flexibility index (Phi) is 6.76. The van der Waals surface area contributed by atoms with Crippen molar-refractivity contribution in [2.24, 2.45) is 0 Å². The van der Waals surface area contributed by atoms with Crippen LogP contribution in [-0.4, -0.2) is 21.2 Å². The van der Waals surface area contributed by atoms with Gasteiger partial charge in [0.2, 0.25) is 0 Å². The Bertz CT molecular complexity index is 1250. The molecule has 1 unspecified atom stereocenters. The Hall–Kier alpha value is -3.43. The minimum absolute atomic E-state index is 0.00109. The number of benzene rings is 2. The van der Waals surface area contributed by atoms with Crippen molar-refractivity contribution in [3.05, 3.63) is 69.8 Å². The first kappa shape index (κ1) is 24.2. The van der Waals surface area contributed by atoms with Crippen LogP contribution in [-0.2, 0) is 4.74 Å². The highest BCUT2D eigenvalue weighted by Crippen LogP contribution is 2.26. The highest BCUT2D eigenvalue weighted by molar-refractivity contribution is 5.79. The molecule has 0 saturated carbocycles. The summed E-state index contributed by atoms with van der Waals surface area (Å²) in [4.78, 5) is 30.0. The summed E-state index contributed by atoms with van der Waals surface area (Å²) in [6.07, 6.45) is -3.60. The van der Waals surface area contributed by atoms with Crippen molar-refractivity contribution in [1.82, 2.24) is 14.9 Å². The fraction of sp³-hybridized carbons (Fsp3) is 0.348. The molecule has 1 aromatic heterocycles. The van der Waals surface area contributed by atoms with Gasteiger partial charge in [-0.05, 0) is 57.5 Å². The third-order valence-corrected chi connectivity index (χ3v) is 4.70. The van der Waals surface area contributed by atoms with Crippen LogP contribution in [0.1, 0.15) is 58.0 Å². The maximum atomic E-state index is 14.5. The lowest BCUT2D eigenvalue weighted by Gasteiger charge is -2.25. The van der Waals surface area contributed by atoms with Gasteiger partial charge in [-0.3, -0.25) is 9.36 Å². The standard InChI is InChI=1S/C23H23F4N3O3/c1-5-16(29-22(32)33-23(2,3)4)20-28-17-8-6-7-15(25)18(17)21(31)30(20)14-10-12(19(26)27)9-13(24)11-14/h6-11,16,19H,5H2,1-4H3,(H,29,32). The molecule has 0 aliphatic carbocycles. The molecule has 1 N–H and O–H groups in total. The summed E-state index contributed by atoms with van der Waals surface area (Å²) in [5.41, 5.74) is -2.67. The summed E-state index contributed by atoms with van der Waals surface area (Å²) >= 11 is 0. The largest absolute Gasteiger partial charge is 0.444 e.